The molecule has 0 radical (unpaired) electrons. The molecule has 0 N–H and O–H groups in total. The standard InChI is InChI=1S/C29H27BrFN3O3/c1-4-8-21-13-20(15-26(36-6-3)28(21)37-18-19-9-7-10-23(31)14-19)17-32-34-27(5-2)33-25-12-11-22(30)16-24(25)29(34)35/h4,7,9-17H,1,5-6,8,18H2,2-3H3. The Labute approximate surface area is 223 Å². The lowest BCUT2D eigenvalue weighted by atomic mass is 10.1. The summed E-state index contributed by atoms with van der Waals surface area (Å²) in [5, 5.41) is 4.98. The van der Waals surface area contributed by atoms with E-state index in [9.17, 15) is 9.18 Å². The van der Waals surface area contributed by atoms with E-state index in [0.717, 1.165) is 15.6 Å². The Balaban J connectivity index is 1.73. The van der Waals surface area contributed by atoms with E-state index >= 15 is 0 Å². The number of hydrogen-bond donors (Lipinski definition) is 0. The lowest BCUT2D eigenvalue weighted by Crippen LogP contribution is -2.22. The Morgan fingerprint density at radius 2 is 1.97 bits per heavy atom. The molecule has 0 fully saturated rings. The van der Waals surface area contributed by atoms with Crippen LogP contribution in [0.4, 0.5) is 4.39 Å². The first kappa shape index (κ1) is 26.3. The average Bonchev–Trinajstić information content (AvgIpc) is 2.88. The van der Waals surface area contributed by atoms with Crippen molar-refractivity contribution in [2.45, 2.75) is 33.3 Å². The first-order valence-corrected chi connectivity index (χ1v) is 12.8. The lowest BCUT2D eigenvalue weighted by Gasteiger charge is -2.17. The fourth-order valence-electron chi connectivity index (χ4n) is 3.94. The lowest BCUT2D eigenvalue weighted by molar-refractivity contribution is 0.267. The van der Waals surface area contributed by atoms with E-state index in [0.29, 0.717) is 53.2 Å². The number of hydrogen-bond acceptors (Lipinski definition) is 5. The third-order valence-electron chi connectivity index (χ3n) is 5.60. The molecule has 0 atom stereocenters. The molecule has 0 saturated carbocycles. The summed E-state index contributed by atoms with van der Waals surface area (Å²) in [4.78, 5) is 17.8. The largest absolute Gasteiger partial charge is 0.490 e. The van der Waals surface area contributed by atoms with E-state index in [-0.39, 0.29) is 18.0 Å². The number of benzene rings is 3. The first-order valence-electron chi connectivity index (χ1n) is 12.0. The number of rotatable bonds is 10. The van der Waals surface area contributed by atoms with E-state index < -0.39 is 0 Å². The van der Waals surface area contributed by atoms with Crippen molar-refractivity contribution in [1.29, 1.82) is 0 Å². The molecule has 0 bridgehead atoms. The second-order valence-corrected chi connectivity index (χ2v) is 9.17. The van der Waals surface area contributed by atoms with E-state index in [1.165, 1.54) is 16.8 Å². The van der Waals surface area contributed by atoms with Gasteiger partial charge in [0.1, 0.15) is 18.2 Å². The first-order chi connectivity index (χ1) is 17.9. The number of ether oxygens (including phenoxy) is 2. The fourth-order valence-corrected chi connectivity index (χ4v) is 4.30. The summed E-state index contributed by atoms with van der Waals surface area (Å²) < 4.78 is 27.7. The van der Waals surface area contributed by atoms with Gasteiger partial charge in [-0.3, -0.25) is 4.79 Å². The van der Waals surface area contributed by atoms with Crippen LogP contribution >= 0.6 is 15.9 Å². The van der Waals surface area contributed by atoms with Gasteiger partial charge >= 0.3 is 0 Å². The van der Waals surface area contributed by atoms with Gasteiger partial charge in [-0.2, -0.15) is 9.78 Å². The molecule has 1 heterocycles. The Morgan fingerprint density at radius 3 is 2.70 bits per heavy atom. The van der Waals surface area contributed by atoms with E-state index in [4.69, 9.17) is 9.47 Å². The molecule has 0 spiro atoms. The number of allylic oxidation sites excluding steroid dienone is 1. The van der Waals surface area contributed by atoms with Crippen LogP contribution in [0.3, 0.4) is 0 Å². The van der Waals surface area contributed by atoms with Crippen LogP contribution in [0.5, 0.6) is 11.5 Å². The van der Waals surface area contributed by atoms with Gasteiger partial charge in [-0.15, -0.1) is 6.58 Å². The van der Waals surface area contributed by atoms with Crippen LogP contribution in [-0.4, -0.2) is 22.5 Å². The van der Waals surface area contributed by atoms with Crippen molar-refractivity contribution in [1.82, 2.24) is 9.66 Å². The minimum Gasteiger partial charge on any atom is -0.490 e. The number of nitrogens with zero attached hydrogens (tertiary/aromatic N) is 3. The van der Waals surface area contributed by atoms with Crippen molar-refractivity contribution in [3.8, 4) is 11.5 Å². The van der Waals surface area contributed by atoms with E-state index in [2.05, 4.69) is 32.6 Å². The van der Waals surface area contributed by atoms with Crippen molar-refractivity contribution < 1.29 is 13.9 Å². The van der Waals surface area contributed by atoms with Gasteiger partial charge in [0.15, 0.2) is 11.5 Å². The SMILES string of the molecule is C=CCc1cc(C=Nn2c(CC)nc3ccc(Br)cc3c2=O)cc(OCC)c1OCc1cccc(F)c1. The van der Waals surface area contributed by atoms with Crippen LogP contribution in [-0.2, 0) is 19.4 Å². The molecule has 6 nitrogen and oxygen atoms in total. The molecule has 1 aromatic heterocycles. The molecule has 190 valence electrons. The molecule has 8 heteroatoms. The van der Waals surface area contributed by atoms with Gasteiger partial charge in [-0.25, -0.2) is 9.37 Å². The van der Waals surface area contributed by atoms with Gasteiger partial charge in [0.25, 0.3) is 5.56 Å². The highest BCUT2D eigenvalue weighted by atomic mass is 79.9. The van der Waals surface area contributed by atoms with Gasteiger partial charge in [-0.05, 0) is 66.9 Å². The van der Waals surface area contributed by atoms with Gasteiger partial charge in [0.05, 0.1) is 23.7 Å². The Kier molecular flexibility index (Phi) is 8.50. The third-order valence-corrected chi connectivity index (χ3v) is 6.10. The Hall–Kier alpha value is -3.78. The molecule has 3 aromatic carbocycles. The summed E-state index contributed by atoms with van der Waals surface area (Å²) >= 11 is 3.42. The predicted octanol–water partition coefficient (Wildman–Crippen LogP) is 6.45. The molecule has 0 saturated heterocycles. The molecule has 4 aromatic rings. The summed E-state index contributed by atoms with van der Waals surface area (Å²) in [5.41, 5.74) is 2.65. The van der Waals surface area contributed by atoms with E-state index in [1.807, 2.05) is 38.1 Å². The van der Waals surface area contributed by atoms with Gasteiger partial charge in [0.2, 0.25) is 0 Å². The molecule has 4 rings (SSSR count). The maximum absolute atomic E-state index is 13.6. The second kappa shape index (κ2) is 12.0. The zero-order valence-electron chi connectivity index (χ0n) is 20.7. The maximum atomic E-state index is 13.6. The van der Waals surface area contributed by atoms with Crippen molar-refractivity contribution in [2.24, 2.45) is 5.10 Å². The monoisotopic (exact) mass is 563 g/mol. The average molecular weight is 564 g/mol. The summed E-state index contributed by atoms with van der Waals surface area (Å²) in [7, 11) is 0. The number of aryl methyl sites for hydroxylation is 1. The van der Waals surface area contributed by atoms with Crippen molar-refractivity contribution in [3.05, 3.63) is 110 Å². The van der Waals surface area contributed by atoms with Crippen molar-refractivity contribution >= 4 is 33.0 Å². The van der Waals surface area contributed by atoms with Crippen LogP contribution in [0, 0.1) is 5.82 Å². The topological polar surface area (TPSA) is 65.7 Å². The van der Waals surface area contributed by atoms with Gasteiger partial charge in [-0.1, -0.05) is 41.1 Å². The smallest absolute Gasteiger partial charge is 0.282 e. The number of aromatic nitrogens is 2. The number of halogens is 2. The maximum Gasteiger partial charge on any atom is 0.282 e. The normalized spacial score (nSPS) is 11.2. The highest BCUT2D eigenvalue weighted by Crippen LogP contribution is 2.34. The summed E-state index contributed by atoms with van der Waals surface area (Å²) in [6.45, 7) is 8.28. The highest BCUT2D eigenvalue weighted by molar-refractivity contribution is 9.10. The zero-order chi connectivity index (χ0) is 26.4. The third kappa shape index (κ3) is 6.14. The second-order valence-electron chi connectivity index (χ2n) is 8.26. The quantitative estimate of drug-likeness (QED) is 0.164. The summed E-state index contributed by atoms with van der Waals surface area (Å²) in [6.07, 6.45) is 4.44. The van der Waals surface area contributed by atoms with Crippen molar-refractivity contribution in [2.75, 3.05) is 6.61 Å². The number of fused-ring (bicyclic) bond motifs is 1. The molecule has 0 unspecified atom stereocenters. The minimum atomic E-state index is -0.318. The molecule has 37 heavy (non-hydrogen) atoms. The predicted molar refractivity (Wildman–Crippen MR) is 148 cm³/mol. The summed E-state index contributed by atoms with van der Waals surface area (Å²) in [6, 6.07) is 15.4. The van der Waals surface area contributed by atoms with Crippen LogP contribution < -0.4 is 15.0 Å². The van der Waals surface area contributed by atoms with Crippen LogP contribution in [0.1, 0.15) is 36.4 Å². The fraction of sp³-hybridized carbons (Fsp3) is 0.207. The molecular formula is C29H27BrFN3O3. The zero-order valence-corrected chi connectivity index (χ0v) is 22.3. The Bertz CT molecular complexity index is 1530. The minimum absolute atomic E-state index is 0.184. The summed E-state index contributed by atoms with van der Waals surface area (Å²) in [5.74, 6) is 1.33. The highest BCUT2D eigenvalue weighted by Gasteiger charge is 2.14. The van der Waals surface area contributed by atoms with Crippen molar-refractivity contribution in [3.63, 3.8) is 0 Å². The molecule has 0 amide bonds. The van der Waals surface area contributed by atoms with Crippen LogP contribution in [0.15, 0.2) is 81.6 Å². The van der Waals surface area contributed by atoms with Gasteiger partial charge in [0, 0.05) is 16.5 Å². The molecule has 0 aliphatic rings. The molecule has 0 aliphatic heterocycles. The van der Waals surface area contributed by atoms with Gasteiger partial charge < -0.3 is 9.47 Å². The van der Waals surface area contributed by atoms with Crippen LogP contribution in [0.2, 0.25) is 0 Å². The van der Waals surface area contributed by atoms with Crippen LogP contribution in [0.25, 0.3) is 10.9 Å². The van der Waals surface area contributed by atoms with E-state index in [1.54, 1.807) is 30.5 Å². The molecule has 0 aliphatic carbocycles. The molecular weight excluding hydrogens is 537 g/mol. The Morgan fingerprint density at radius 1 is 1.14 bits per heavy atom.